The van der Waals surface area contributed by atoms with Gasteiger partial charge in [-0.25, -0.2) is 28.8 Å². The van der Waals surface area contributed by atoms with E-state index in [9.17, 15) is 28.8 Å². The van der Waals surface area contributed by atoms with Crippen LogP contribution >= 0.6 is 0 Å². The Labute approximate surface area is 491 Å². The fraction of sp³-hybridized carbons (Fsp3) is 0.618. The number of carbonyl (C=O) groups is 6. The summed E-state index contributed by atoms with van der Waals surface area (Å²) in [4.78, 5) is 66.1. The molecule has 9 rings (SSSR count). The quantitative estimate of drug-likeness (QED) is 0.0455. The molecule has 0 radical (unpaired) electrons. The second kappa shape index (κ2) is 35.3. The van der Waals surface area contributed by atoms with Crippen LogP contribution in [0.2, 0.25) is 0 Å². The van der Waals surface area contributed by atoms with Crippen LogP contribution < -0.4 is 4.74 Å². The van der Waals surface area contributed by atoms with Gasteiger partial charge in [0.05, 0.1) is 19.3 Å². The van der Waals surface area contributed by atoms with E-state index in [2.05, 4.69) is 61.1 Å². The highest BCUT2D eigenvalue weighted by atomic mass is 16.6. The zero-order valence-corrected chi connectivity index (χ0v) is 51.7. The van der Waals surface area contributed by atoms with E-state index in [1.54, 1.807) is 85.8 Å². The number of hydrogen-bond acceptors (Lipinski definition) is 14. The van der Waals surface area contributed by atoms with Crippen LogP contribution in [-0.4, -0.2) is 92.8 Å². The summed E-state index contributed by atoms with van der Waals surface area (Å²) in [6.07, 6.45) is 24.6. The Morgan fingerprint density at radius 3 is 1.60 bits per heavy atom. The van der Waals surface area contributed by atoms with Crippen molar-refractivity contribution in [3.63, 3.8) is 0 Å². The maximum Gasteiger partial charge on any atom is 0.338 e. The number of carbonyl (C=O) groups excluding carboxylic acids is 6. The van der Waals surface area contributed by atoms with E-state index in [-0.39, 0.29) is 60.2 Å². The lowest BCUT2D eigenvalue weighted by atomic mass is 9.80. The molecule has 1 aromatic carbocycles. The number of para-hydroxylation sites is 1. The largest absolute Gasteiger partial charge is 0.460 e. The lowest BCUT2D eigenvalue weighted by molar-refractivity contribution is -0.150. The van der Waals surface area contributed by atoms with Crippen molar-refractivity contribution in [3.05, 3.63) is 115 Å². The summed E-state index contributed by atoms with van der Waals surface area (Å²) in [7, 11) is 1.55. The van der Waals surface area contributed by atoms with Gasteiger partial charge in [0, 0.05) is 47.0 Å². The third-order valence-corrected chi connectivity index (χ3v) is 15.8. The standard InChI is InChI=1S/C14H20O2.C10H16O2.C10H10O2.C10H14.C9H14O3.C8H14O2.C7H12O3/c1-8(2)14(15)16-13-7-9-6-12(13)11-5-3-4-10(9)11;2*1-8(2)10(11)12-9-6-4-3-5-7-9;1-2-9-7-4-5-8(6-7)10(9)3-1;1-6(2)9(10)12-8-4-7(3)11-5-8;1-6(2)7(9)10-8(3,4)5;1-6(2)7(8)10-5-4-9-3/h9-13H,1,3-7H2,2H3;9H,1,3-7H2,2H3;3-7H,1H2,2H3;1-2,7-10H,3-6H2;7-8H,1,4-5H2,2-3H3;1H2,2-5H3;1,4-5H2,2-3H3. The van der Waals surface area contributed by atoms with Crippen molar-refractivity contribution in [3.8, 4) is 5.75 Å². The highest BCUT2D eigenvalue weighted by Crippen LogP contribution is 2.59. The van der Waals surface area contributed by atoms with Crippen LogP contribution in [0.4, 0.5) is 0 Å². The Bertz CT molecular complexity index is 2340. The van der Waals surface area contributed by atoms with Crippen LogP contribution in [0, 0.1) is 47.3 Å². The van der Waals surface area contributed by atoms with Gasteiger partial charge in [0.15, 0.2) is 0 Å². The lowest BCUT2D eigenvalue weighted by Crippen LogP contribution is -2.32. The summed E-state index contributed by atoms with van der Waals surface area (Å²) < 4.78 is 40.4. The fourth-order valence-corrected chi connectivity index (χ4v) is 11.8. The van der Waals surface area contributed by atoms with E-state index >= 15 is 0 Å². The molecule has 456 valence electrons. The van der Waals surface area contributed by atoms with E-state index in [0.29, 0.717) is 64.9 Å². The molecule has 7 fully saturated rings. The van der Waals surface area contributed by atoms with Crippen LogP contribution in [0.5, 0.6) is 5.75 Å². The van der Waals surface area contributed by atoms with E-state index in [1.165, 1.54) is 57.8 Å². The average Bonchev–Trinajstić information content (AvgIpc) is 4.18. The minimum Gasteiger partial charge on any atom is -0.460 e. The molecule has 1 heterocycles. The van der Waals surface area contributed by atoms with Gasteiger partial charge < -0.3 is 37.9 Å². The van der Waals surface area contributed by atoms with Crippen molar-refractivity contribution in [2.24, 2.45) is 47.3 Å². The van der Waals surface area contributed by atoms with Gasteiger partial charge in [0.25, 0.3) is 0 Å². The van der Waals surface area contributed by atoms with Crippen LogP contribution in [-0.2, 0) is 61.9 Å². The molecule has 11 atom stereocenters. The van der Waals surface area contributed by atoms with Gasteiger partial charge in [-0.3, -0.25) is 0 Å². The van der Waals surface area contributed by atoms with Gasteiger partial charge in [-0.1, -0.05) is 82.7 Å². The number of hydrogen-bond donors (Lipinski definition) is 0. The van der Waals surface area contributed by atoms with Crippen LogP contribution in [0.3, 0.4) is 0 Å². The molecular formula is C68H100O14. The predicted octanol–water partition coefficient (Wildman–Crippen LogP) is 14.1. The van der Waals surface area contributed by atoms with Crippen molar-refractivity contribution in [2.75, 3.05) is 26.9 Å². The van der Waals surface area contributed by atoms with Crippen molar-refractivity contribution in [2.45, 2.75) is 196 Å². The molecule has 8 aliphatic rings. The molecule has 0 amide bonds. The van der Waals surface area contributed by atoms with Gasteiger partial charge in [-0.15, -0.1) is 0 Å². The zero-order valence-electron chi connectivity index (χ0n) is 51.7. The van der Waals surface area contributed by atoms with Crippen molar-refractivity contribution >= 4 is 35.8 Å². The van der Waals surface area contributed by atoms with Crippen LogP contribution in [0.1, 0.15) is 166 Å². The van der Waals surface area contributed by atoms with Gasteiger partial charge in [-0.05, 0) is 206 Å². The molecule has 7 aliphatic carbocycles. The molecular weight excluding hydrogens is 1040 g/mol. The summed E-state index contributed by atoms with van der Waals surface area (Å²) in [6.45, 7) is 39.7. The molecule has 6 saturated carbocycles. The first-order valence-corrected chi connectivity index (χ1v) is 29.6. The highest BCUT2D eigenvalue weighted by molar-refractivity contribution is 5.89. The average molecular weight is 1140 g/mol. The summed E-state index contributed by atoms with van der Waals surface area (Å²) >= 11 is 0. The molecule has 1 saturated heterocycles. The Morgan fingerprint density at radius 1 is 0.537 bits per heavy atom. The predicted molar refractivity (Wildman–Crippen MR) is 321 cm³/mol. The molecule has 11 unspecified atom stereocenters. The first-order valence-electron chi connectivity index (χ1n) is 29.6. The molecule has 1 aliphatic heterocycles. The second-order valence-corrected chi connectivity index (χ2v) is 24.4. The second-order valence-electron chi connectivity index (χ2n) is 24.4. The summed E-state index contributed by atoms with van der Waals surface area (Å²) in [5.41, 5.74) is 2.32. The van der Waals surface area contributed by atoms with Gasteiger partial charge in [-0.2, -0.15) is 0 Å². The van der Waals surface area contributed by atoms with E-state index < -0.39 is 5.60 Å². The van der Waals surface area contributed by atoms with E-state index in [0.717, 1.165) is 67.1 Å². The number of allylic oxidation sites excluding steroid dienone is 2. The maximum absolute atomic E-state index is 11.5. The van der Waals surface area contributed by atoms with Crippen molar-refractivity contribution in [1.82, 2.24) is 0 Å². The topological polar surface area (TPSA) is 176 Å². The van der Waals surface area contributed by atoms with Crippen molar-refractivity contribution < 1.29 is 66.7 Å². The fourth-order valence-electron chi connectivity index (χ4n) is 11.8. The van der Waals surface area contributed by atoms with E-state index in [4.69, 9.17) is 28.4 Å². The monoisotopic (exact) mass is 1140 g/mol. The SMILES string of the molecule is C1=CC2C3CCC(C3)C2C1.C=C(C)C(=O)OC(C)(C)C.C=C(C)C(=O)OC1CC2CC1C1CCCC21.C=C(C)C(=O)OC1CCCCC1.C=C(C)C(=O)OC1COC(C)C1.C=C(C)C(=O)OCCOC.C=C(C)C(=O)Oc1ccccc1. The van der Waals surface area contributed by atoms with Gasteiger partial charge in [0.1, 0.15) is 36.3 Å². The number of ether oxygens (including phenoxy) is 8. The Morgan fingerprint density at radius 2 is 1.09 bits per heavy atom. The number of rotatable bonds is 13. The normalized spacial score (nSPS) is 26.2. The Kier molecular flexibility index (Phi) is 30.3. The van der Waals surface area contributed by atoms with Crippen molar-refractivity contribution in [1.29, 1.82) is 0 Å². The molecule has 82 heavy (non-hydrogen) atoms. The maximum atomic E-state index is 11.5. The molecule has 14 heteroatoms. The zero-order chi connectivity index (χ0) is 61.3. The first-order chi connectivity index (χ1) is 38.6. The molecule has 1 aromatic rings. The summed E-state index contributed by atoms with van der Waals surface area (Å²) in [5, 5.41) is 0. The van der Waals surface area contributed by atoms with Gasteiger partial charge in [0.2, 0.25) is 0 Å². The lowest BCUT2D eigenvalue weighted by Gasteiger charge is -2.31. The third kappa shape index (κ3) is 24.9. The smallest absolute Gasteiger partial charge is 0.338 e. The minimum atomic E-state index is -0.407. The number of benzene rings is 1. The molecule has 4 bridgehead atoms. The number of fused-ring (bicyclic) bond motifs is 10. The summed E-state index contributed by atoms with van der Waals surface area (Å²) in [5.74, 6) is 6.42. The summed E-state index contributed by atoms with van der Waals surface area (Å²) in [6, 6.07) is 8.92. The molecule has 0 aromatic heterocycles. The van der Waals surface area contributed by atoms with E-state index in [1.807, 2.05) is 33.8 Å². The Hall–Kier alpha value is -5.86. The minimum absolute atomic E-state index is 0.0794. The number of methoxy groups -OCH3 is 1. The van der Waals surface area contributed by atoms with Gasteiger partial charge >= 0.3 is 35.8 Å². The molecule has 0 N–H and O–H groups in total. The number of esters is 6. The third-order valence-electron chi connectivity index (χ3n) is 15.8. The first kappa shape index (κ1) is 70.4. The Balaban J connectivity index is 0.000000253. The van der Waals surface area contributed by atoms with Crippen LogP contribution in [0.15, 0.2) is 115 Å². The highest BCUT2D eigenvalue weighted by Gasteiger charge is 2.55. The van der Waals surface area contributed by atoms with Crippen LogP contribution in [0.25, 0.3) is 0 Å². The molecule has 0 spiro atoms. The molecule has 14 nitrogen and oxygen atoms in total.